The molecule has 1 heterocycles. The van der Waals surface area contributed by atoms with E-state index in [1.54, 1.807) is 0 Å². The summed E-state index contributed by atoms with van der Waals surface area (Å²) < 4.78 is 6.67. The van der Waals surface area contributed by atoms with Crippen molar-refractivity contribution in [2.24, 2.45) is 0 Å². The number of hydrogen-bond donors (Lipinski definition) is 0. The zero-order valence-corrected chi connectivity index (χ0v) is 13.0. The first kappa shape index (κ1) is 15.9. The monoisotopic (exact) mass is 295 g/mol. The van der Waals surface area contributed by atoms with Crippen LogP contribution < -0.4 is 0 Å². The third-order valence-corrected chi connectivity index (χ3v) is 4.08. The van der Waals surface area contributed by atoms with Crippen LogP contribution in [-0.2, 0) is 22.6 Å². The highest BCUT2D eigenvalue weighted by atomic mass is 16.5. The fourth-order valence-electron chi connectivity index (χ4n) is 2.81. The topological polar surface area (TPSA) is 73.1 Å². The van der Waals surface area contributed by atoms with Crippen LogP contribution in [0.25, 0.3) is 0 Å². The highest BCUT2D eigenvalue weighted by Crippen LogP contribution is 2.24. The van der Waals surface area contributed by atoms with E-state index in [0.29, 0.717) is 19.1 Å². The summed E-state index contributed by atoms with van der Waals surface area (Å²) in [4.78, 5) is 13.8. The zero-order valence-electron chi connectivity index (χ0n) is 13.0. The SMILES string of the molecule is CCCCn1nnnc1CN(CC(=O)OC)C1CCCC1. The first-order chi connectivity index (χ1) is 10.2. The average Bonchev–Trinajstić information content (AvgIpc) is 3.15. The highest BCUT2D eigenvalue weighted by molar-refractivity contribution is 5.71. The van der Waals surface area contributed by atoms with Crippen LogP contribution in [0.1, 0.15) is 51.3 Å². The largest absolute Gasteiger partial charge is 0.468 e. The minimum atomic E-state index is -0.200. The van der Waals surface area contributed by atoms with E-state index in [4.69, 9.17) is 4.74 Å². The van der Waals surface area contributed by atoms with Gasteiger partial charge in [-0.2, -0.15) is 0 Å². The number of aromatic nitrogens is 4. The summed E-state index contributed by atoms with van der Waals surface area (Å²) in [5, 5.41) is 11.9. The summed E-state index contributed by atoms with van der Waals surface area (Å²) in [6.45, 7) is 3.89. The van der Waals surface area contributed by atoms with Gasteiger partial charge in [0.1, 0.15) is 0 Å². The number of rotatable bonds is 8. The number of ether oxygens (including phenoxy) is 1. The molecule has 1 aliphatic rings. The molecule has 0 atom stereocenters. The molecule has 0 aromatic carbocycles. The summed E-state index contributed by atoms with van der Waals surface area (Å²) in [6.07, 6.45) is 6.87. The van der Waals surface area contributed by atoms with Crippen molar-refractivity contribution in [3.63, 3.8) is 0 Å². The molecule has 0 amide bonds. The maximum atomic E-state index is 11.6. The maximum Gasteiger partial charge on any atom is 0.319 e. The number of carbonyl (C=O) groups excluding carboxylic acids is 1. The molecule has 21 heavy (non-hydrogen) atoms. The lowest BCUT2D eigenvalue weighted by molar-refractivity contribution is -0.142. The van der Waals surface area contributed by atoms with E-state index >= 15 is 0 Å². The van der Waals surface area contributed by atoms with E-state index in [1.807, 2.05) is 4.68 Å². The van der Waals surface area contributed by atoms with Gasteiger partial charge in [0.2, 0.25) is 0 Å². The first-order valence-corrected chi connectivity index (χ1v) is 7.80. The highest BCUT2D eigenvalue weighted by Gasteiger charge is 2.26. The van der Waals surface area contributed by atoms with Crippen molar-refractivity contribution in [2.45, 2.75) is 64.6 Å². The fraction of sp³-hybridized carbons (Fsp3) is 0.857. The third-order valence-electron chi connectivity index (χ3n) is 4.08. The molecule has 7 heteroatoms. The van der Waals surface area contributed by atoms with E-state index in [0.717, 1.165) is 38.1 Å². The van der Waals surface area contributed by atoms with E-state index in [9.17, 15) is 4.79 Å². The fourth-order valence-corrected chi connectivity index (χ4v) is 2.81. The van der Waals surface area contributed by atoms with Crippen LogP contribution in [0.2, 0.25) is 0 Å². The third kappa shape index (κ3) is 4.49. The second kappa shape index (κ2) is 8.07. The average molecular weight is 295 g/mol. The maximum absolute atomic E-state index is 11.6. The minimum absolute atomic E-state index is 0.200. The lowest BCUT2D eigenvalue weighted by atomic mass is 10.2. The van der Waals surface area contributed by atoms with Gasteiger partial charge < -0.3 is 4.74 Å². The van der Waals surface area contributed by atoms with E-state index in [2.05, 4.69) is 27.3 Å². The molecule has 1 saturated carbocycles. The molecule has 1 aromatic heterocycles. The number of esters is 1. The van der Waals surface area contributed by atoms with Gasteiger partial charge in [0, 0.05) is 12.6 Å². The number of aryl methyl sites for hydroxylation is 1. The molecule has 7 nitrogen and oxygen atoms in total. The number of hydrogen-bond acceptors (Lipinski definition) is 6. The Morgan fingerprint density at radius 3 is 2.86 bits per heavy atom. The lowest BCUT2D eigenvalue weighted by Gasteiger charge is -2.26. The number of carbonyl (C=O) groups is 1. The van der Waals surface area contributed by atoms with E-state index < -0.39 is 0 Å². The second-order valence-electron chi connectivity index (χ2n) is 5.59. The summed E-state index contributed by atoms with van der Waals surface area (Å²) in [7, 11) is 1.43. The van der Waals surface area contributed by atoms with E-state index in [-0.39, 0.29) is 5.97 Å². The van der Waals surface area contributed by atoms with Crippen LogP contribution in [0.4, 0.5) is 0 Å². The molecular weight excluding hydrogens is 270 g/mol. The van der Waals surface area contributed by atoms with Gasteiger partial charge >= 0.3 is 5.97 Å². The van der Waals surface area contributed by atoms with Crippen LogP contribution in [-0.4, -0.2) is 50.8 Å². The molecule has 0 radical (unpaired) electrons. The van der Waals surface area contributed by atoms with Crippen molar-refractivity contribution in [2.75, 3.05) is 13.7 Å². The van der Waals surface area contributed by atoms with Gasteiger partial charge in [-0.05, 0) is 29.7 Å². The summed E-state index contributed by atoms with van der Waals surface area (Å²) in [5.74, 6) is 0.633. The smallest absolute Gasteiger partial charge is 0.319 e. The molecule has 0 N–H and O–H groups in total. The standard InChI is InChI=1S/C14H25N5O2/c1-3-4-9-19-13(15-16-17-19)10-18(11-14(20)21-2)12-7-5-6-8-12/h12H,3-11H2,1-2H3. The van der Waals surface area contributed by atoms with Gasteiger partial charge in [-0.25, -0.2) is 4.68 Å². The van der Waals surface area contributed by atoms with Crippen LogP contribution in [0.15, 0.2) is 0 Å². The quantitative estimate of drug-likeness (QED) is 0.675. The summed E-state index contributed by atoms with van der Waals surface area (Å²) in [6, 6.07) is 0.431. The van der Waals surface area contributed by atoms with Gasteiger partial charge in [0.15, 0.2) is 5.82 Å². The molecule has 1 aliphatic carbocycles. The number of tetrazole rings is 1. The first-order valence-electron chi connectivity index (χ1n) is 7.80. The molecule has 0 saturated heterocycles. The van der Waals surface area contributed by atoms with Gasteiger partial charge in [-0.1, -0.05) is 26.2 Å². The molecule has 0 bridgehead atoms. The predicted molar refractivity (Wildman–Crippen MR) is 77.4 cm³/mol. The van der Waals surface area contributed by atoms with Crippen molar-refractivity contribution >= 4 is 5.97 Å². The Balaban J connectivity index is 2.03. The molecule has 0 unspecified atom stereocenters. The van der Waals surface area contributed by atoms with Gasteiger partial charge in [0.25, 0.3) is 0 Å². The Hall–Kier alpha value is -1.50. The minimum Gasteiger partial charge on any atom is -0.468 e. The Labute approximate surface area is 125 Å². The molecule has 2 rings (SSSR count). The van der Waals surface area contributed by atoms with Crippen molar-refractivity contribution in [1.82, 2.24) is 25.1 Å². The van der Waals surface area contributed by atoms with Crippen LogP contribution in [0.5, 0.6) is 0 Å². The Morgan fingerprint density at radius 2 is 2.19 bits per heavy atom. The van der Waals surface area contributed by atoms with Crippen molar-refractivity contribution < 1.29 is 9.53 Å². The van der Waals surface area contributed by atoms with E-state index in [1.165, 1.54) is 20.0 Å². The molecule has 118 valence electrons. The normalized spacial score (nSPS) is 15.8. The number of nitrogens with zero attached hydrogens (tertiary/aromatic N) is 5. The Morgan fingerprint density at radius 1 is 1.43 bits per heavy atom. The van der Waals surface area contributed by atoms with Crippen LogP contribution >= 0.6 is 0 Å². The van der Waals surface area contributed by atoms with Crippen molar-refractivity contribution in [3.05, 3.63) is 5.82 Å². The second-order valence-corrected chi connectivity index (χ2v) is 5.59. The molecular formula is C14H25N5O2. The van der Waals surface area contributed by atoms with Crippen LogP contribution in [0.3, 0.4) is 0 Å². The Kier molecular flexibility index (Phi) is 6.10. The van der Waals surface area contributed by atoms with Gasteiger partial charge in [-0.3, -0.25) is 9.69 Å². The van der Waals surface area contributed by atoms with Crippen molar-refractivity contribution in [1.29, 1.82) is 0 Å². The zero-order chi connectivity index (χ0) is 15.1. The number of methoxy groups -OCH3 is 1. The van der Waals surface area contributed by atoms with Gasteiger partial charge in [0.05, 0.1) is 20.2 Å². The van der Waals surface area contributed by atoms with Crippen LogP contribution in [0, 0.1) is 0 Å². The number of unbranched alkanes of at least 4 members (excludes halogenated alkanes) is 1. The molecule has 1 fully saturated rings. The molecule has 1 aromatic rings. The molecule has 0 spiro atoms. The van der Waals surface area contributed by atoms with Gasteiger partial charge in [-0.15, -0.1) is 5.10 Å². The molecule has 0 aliphatic heterocycles. The van der Waals surface area contributed by atoms with Crippen molar-refractivity contribution in [3.8, 4) is 0 Å². The Bertz CT molecular complexity index is 442. The summed E-state index contributed by atoms with van der Waals surface area (Å²) >= 11 is 0. The predicted octanol–water partition coefficient (Wildman–Crippen LogP) is 1.39. The summed E-state index contributed by atoms with van der Waals surface area (Å²) in [5.41, 5.74) is 0. The lowest BCUT2D eigenvalue weighted by Crippen LogP contribution is -2.38.